The lowest BCUT2D eigenvalue weighted by molar-refractivity contribution is 1.11. The van der Waals surface area contributed by atoms with Crippen LogP contribution in [0.1, 0.15) is 33.4 Å². The molecule has 36 heavy (non-hydrogen) atoms. The first-order valence-corrected chi connectivity index (χ1v) is 12.6. The summed E-state index contributed by atoms with van der Waals surface area (Å²) in [6.45, 7) is 0. The highest BCUT2D eigenvalue weighted by atomic mass is 14.9. The minimum Gasteiger partial charge on any atom is -0.355 e. The van der Waals surface area contributed by atoms with Crippen molar-refractivity contribution >= 4 is 34.1 Å². The summed E-state index contributed by atoms with van der Waals surface area (Å²) in [5.74, 6) is 0. The second kappa shape index (κ2) is 8.62. The molecular formula is C33H27N3. The fourth-order valence-electron chi connectivity index (χ4n) is 5.45. The summed E-state index contributed by atoms with van der Waals surface area (Å²) >= 11 is 0. The van der Waals surface area contributed by atoms with Crippen LogP contribution in [0.5, 0.6) is 0 Å². The van der Waals surface area contributed by atoms with Crippen LogP contribution in [0.4, 0.5) is 34.1 Å². The van der Waals surface area contributed by atoms with Crippen molar-refractivity contribution in [3.63, 3.8) is 0 Å². The molecule has 0 atom stereocenters. The average molecular weight is 466 g/mol. The zero-order chi connectivity index (χ0) is 23.9. The Morgan fingerprint density at radius 3 is 0.944 bits per heavy atom. The number of para-hydroxylation sites is 4. The van der Waals surface area contributed by atoms with Gasteiger partial charge in [-0.1, -0.05) is 72.8 Å². The molecule has 0 aromatic heterocycles. The molecule has 3 heterocycles. The molecule has 3 aliphatic heterocycles. The first kappa shape index (κ1) is 20.8. The van der Waals surface area contributed by atoms with E-state index in [-0.39, 0.29) is 0 Å². The Hall–Kier alpha value is -4.50. The van der Waals surface area contributed by atoms with Gasteiger partial charge < -0.3 is 16.0 Å². The predicted octanol–water partition coefficient (Wildman–Crippen LogP) is 8.32. The summed E-state index contributed by atoms with van der Waals surface area (Å²) in [5.41, 5.74) is 15.7. The monoisotopic (exact) mass is 465 g/mol. The van der Waals surface area contributed by atoms with Crippen molar-refractivity contribution in [1.82, 2.24) is 0 Å². The van der Waals surface area contributed by atoms with Crippen LogP contribution in [0.2, 0.25) is 0 Å². The Labute approximate surface area is 211 Å². The predicted molar refractivity (Wildman–Crippen MR) is 150 cm³/mol. The number of hydrogen-bond donors (Lipinski definition) is 3. The van der Waals surface area contributed by atoms with Gasteiger partial charge in [-0.05, 0) is 69.8 Å². The van der Waals surface area contributed by atoms with E-state index in [0.29, 0.717) is 0 Å². The van der Waals surface area contributed by atoms with E-state index in [9.17, 15) is 0 Å². The fourth-order valence-corrected chi connectivity index (χ4v) is 5.45. The van der Waals surface area contributed by atoms with E-state index in [1.807, 2.05) is 0 Å². The molecule has 0 radical (unpaired) electrons. The number of rotatable bonds is 0. The second-order valence-corrected chi connectivity index (χ2v) is 9.70. The van der Waals surface area contributed by atoms with Crippen molar-refractivity contribution in [2.45, 2.75) is 19.3 Å². The molecule has 0 saturated carbocycles. The van der Waals surface area contributed by atoms with Gasteiger partial charge in [0.2, 0.25) is 0 Å². The van der Waals surface area contributed by atoms with Crippen LogP contribution in [0.15, 0.2) is 109 Å². The van der Waals surface area contributed by atoms with Crippen LogP contribution < -0.4 is 16.0 Å². The Kier molecular flexibility index (Phi) is 4.99. The van der Waals surface area contributed by atoms with Gasteiger partial charge in [0.1, 0.15) is 0 Å². The number of nitrogens with one attached hydrogen (secondary N) is 3. The summed E-state index contributed by atoms with van der Waals surface area (Å²) in [6, 6.07) is 38.7. The van der Waals surface area contributed by atoms with Gasteiger partial charge >= 0.3 is 0 Å². The van der Waals surface area contributed by atoms with Crippen molar-refractivity contribution in [1.29, 1.82) is 0 Å². The van der Waals surface area contributed by atoms with Crippen LogP contribution in [0.3, 0.4) is 0 Å². The van der Waals surface area contributed by atoms with Crippen molar-refractivity contribution < 1.29 is 0 Å². The maximum absolute atomic E-state index is 3.59. The molecule has 0 spiro atoms. The normalized spacial score (nSPS) is 13.3. The summed E-state index contributed by atoms with van der Waals surface area (Å²) < 4.78 is 0. The molecule has 5 aromatic rings. The zero-order valence-electron chi connectivity index (χ0n) is 20.0. The molecule has 0 saturated heterocycles. The Balaban J connectivity index is 0.000000136. The highest BCUT2D eigenvalue weighted by Gasteiger charge is 2.20. The maximum atomic E-state index is 3.59. The summed E-state index contributed by atoms with van der Waals surface area (Å²) in [5, 5.41) is 10.6. The third-order valence-electron chi connectivity index (χ3n) is 7.35. The standard InChI is InChI=1S/C20H16N2.C13H11N/c1-3-7-17-13(5-1)9-15-11-20-16(12-19(15)21-17)10-14-6-2-4-8-18(14)22-20;1-3-7-12-10(5-1)9-11-6-2-4-8-13(11)14-12/h1-8,11-12,21-22H,9-10H2;1-8,14H,9H2. The molecule has 8 rings (SSSR count). The highest BCUT2D eigenvalue weighted by Crippen LogP contribution is 2.40. The zero-order valence-corrected chi connectivity index (χ0v) is 20.0. The van der Waals surface area contributed by atoms with Crippen molar-refractivity contribution in [2.75, 3.05) is 16.0 Å². The molecule has 174 valence electrons. The molecule has 5 aromatic carbocycles. The number of hydrogen-bond acceptors (Lipinski definition) is 3. The topological polar surface area (TPSA) is 36.1 Å². The summed E-state index contributed by atoms with van der Waals surface area (Å²) in [4.78, 5) is 0. The van der Waals surface area contributed by atoms with Crippen molar-refractivity contribution in [3.8, 4) is 0 Å². The number of fused-ring (bicyclic) bond motifs is 6. The minimum atomic E-state index is 0.995. The highest BCUT2D eigenvalue weighted by molar-refractivity contribution is 5.80. The lowest BCUT2D eigenvalue weighted by atomic mass is 9.91. The third-order valence-corrected chi connectivity index (χ3v) is 7.35. The summed E-state index contributed by atoms with van der Waals surface area (Å²) in [7, 11) is 0. The summed E-state index contributed by atoms with van der Waals surface area (Å²) in [6.07, 6.45) is 3.03. The largest absolute Gasteiger partial charge is 0.355 e. The third kappa shape index (κ3) is 3.79. The van der Waals surface area contributed by atoms with Crippen molar-refractivity contribution in [2.24, 2.45) is 0 Å². The SMILES string of the molecule is c1ccc2c(c1)Cc1cc3c(cc1N2)Cc1ccccc1N3.c1ccc2c(c1)Cc1ccccc1N2. The van der Waals surface area contributed by atoms with Crippen LogP contribution in [0, 0.1) is 0 Å². The maximum Gasteiger partial charge on any atom is 0.0424 e. The first-order valence-electron chi connectivity index (χ1n) is 12.6. The molecular weight excluding hydrogens is 438 g/mol. The van der Waals surface area contributed by atoms with Gasteiger partial charge in [-0.2, -0.15) is 0 Å². The van der Waals surface area contributed by atoms with E-state index in [0.717, 1.165) is 19.3 Å². The smallest absolute Gasteiger partial charge is 0.0424 e. The van der Waals surface area contributed by atoms with E-state index >= 15 is 0 Å². The van der Waals surface area contributed by atoms with Crippen LogP contribution in [-0.2, 0) is 19.3 Å². The van der Waals surface area contributed by atoms with Crippen molar-refractivity contribution in [3.05, 3.63) is 143 Å². The second-order valence-electron chi connectivity index (χ2n) is 9.70. The van der Waals surface area contributed by atoms with E-state index in [2.05, 4.69) is 125 Å². The van der Waals surface area contributed by atoms with Crippen LogP contribution in [0.25, 0.3) is 0 Å². The van der Waals surface area contributed by atoms with Crippen LogP contribution >= 0.6 is 0 Å². The van der Waals surface area contributed by atoms with E-state index in [1.54, 1.807) is 0 Å². The quantitative estimate of drug-likeness (QED) is 0.211. The Bertz CT molecular complexity index is 1370. The van der Waals surface area contributed by atoms with E-state index in [1.165, 1.54) is 67.5 Å². The molecule has 3 aliphatic rings. The lowest BCUT2D eigenvalue weighted by Crippen LogP contribution is -2.11. The van der Waals surface area contributed by atoms with Gasteiger partial charge in [0, 0.05) is 53.4 Å². The fraction of sp³-hybridized carbons (Fsp3) is 0.0909. The molecule has 0 bridgehead atoms. The molecule has 3 heteroatoms. The average Bonchev–Trinajstić information content (AvgIpc) is 2.93. The van der Waals surface area contributed by atoms with Gasteiger partial charge in [-0.15, -0.1) is 0 Å². The Morgan fingerprint density at radius 2 is 0.583 bits per heavy atom. The lowest BCUT2D eigenvalue weighted by Gasteiger charge is -2.27. The van der Waals surface area contributed by atoms with E-state index in [4.69, 9.17) is 0 Å². The Morgan fingerprint density at radius 1 is 0.306 bits per heavy atom. The molecule has 0 fully saturated rings. The molecule has 0 unspecified atom stereocenters. The van der Waals surface area contributed by atoms with E-state index < -0.39 is 0 Å². The van der Waals surface area contributed by atoms with Gasteiger partial charge in [-0.25, -0.2) is 0 Å². The van der Waals surface area contributed by atoms with Gasteiger partial charge in [0.05, 0.1) is 0 Å². The minimum absolute atomic E-state index is 0.995. The van der Waals surface area contributed by atoms with Gasteiger partial charge in [-0.3, -0.25) is 0 Å². The molecule has 3 N–H and O–H groups in total. The number of benzene rings is 5. The number of anilines is 6. The van der Waals surface area contributed by atoms with Gasteiger partial charge in [0.25, 0.3) is 0 Å². The molecule has 0 aliphatic carbocycles. The first-order chi connectivity index (χ1) is 17.8. The van der Waals surface area contributed by atoms with Crippen LogP contribution in [-0.4, -0.2) is 0 Å². The molecule has 3 nitrogen and oxygen atoms in total. The van der Waals surface area contributed by atoms with Gasteiger partial charge in [0.15, 0.2) is 0 Å². The molecule has 0 amide bonds.